The molecule has 0 spiro atoms. The van der Waals surface area contributed by atoms with E-state index in [1.54, 1.807) is 14.2 Å². The van der Waals surface area contributed by atoms with Crippen LogP contribution in [0.2, 0.25) is 0 Å². The second kappa shape index (κ2) is 13.5. The lowest BCUT2D eigenvalue weighted by molar-refractivity contribution is 0.146. The lowest BCUT2D eigenvalue weighted by Gasteiger charge is -2.25. The number of aliphatic imine (C=N–C) groups is 1. The molecule has 9 nitrogen and oxygen atoms in total. The fourth-order valence-corrected chi connectivity index (χ4v) is 3.29. The van der Waals surface area contributed by atoms with Crippen molar-refractivity contribution in [3.8, 4) is 5.75 Å². The van der Waals surface area contributed by atoms with Gasteiger partial charge in [0, 0.05) is 33.2 Å². The highest BCUT2D eigenvalue weighted by molar-refractivity contribution is 14.0. The van der Waals surface area contributed by atoms with Crippen LogP contribution in [0.1, 0.15) is 30.6 Å². The third-order valence-corrected chi connectivity index (χ3v) is 4.76. The average molecular weight is 544 g/mol. The maximum absolute atomic E-state index is 5.61. The van der Waals surface area contributed by atoms with Crippen molar-refractivity contribution in [3.63, 3.8) is 0 Å². The number of nitrogens with one attached hydrogen (secondary N) is 2. The van der Waals surface area contributed by atoms with Crippen LogP contribution in [0.25, 0.3) is 0 Å². The van der Waals surface area contributed by atoms with Gasteiger partial charge in [-0.25, -0.2) is 14.7 Å². The molecule has 1 unspecified atom stereocenters. The molecule has 172 valence electrons. The van der Waals surface area contributed by atoms with E-state index < -0.39 is 0 Å². The van der Waals surface area contributed by atoms with Crippen molar-refractivity contribution in [1.82, 2.24) is 25.4 Å². The molecule has 1 aliphatic rings. The minimum Gasteiger partial charge on any atom is -0.491 e. The first-order chi connectivity index (χ1) is 14.7. The van der Waals surface area contributed by atoms with Crippen molar-refractivity contribution < 1.29 is 14.2 Å². The molecule has 31 heavy (non-hydrogen) atoms. The molecule has 0 aliphatic carbocycles. The number of benzene rings is 1. The molecule has 1 aromatic heterocycles. The Morgan fingerprint density at radius 2 is 2.00 bits per heavy atom. The fraction of sp³-hybridized carbons (Fsp3) is 0.571. The standard InChI is InChI=1S/C21H32N6O3.HI/c1-4-22-21(23-13-16-5-8-18(9-6-16)30-12-11-28-2)24-17-7-10-20-25-19(15-29-3)26-27(20)14-17;/h5-6,8-9,17H,4,7,10-15H2,1-3H3,(H2,22,23,24);1H. The van der Waals surface area contributed by atoms with Gasteiger partial charge in [-0.15, -0.1) is 24.0 Å². The molecule has 0 saturated carbocycles. The zero-order chi connectivity index (χ0) is 21.2. The lowest BCUT2D eigenvalue weighted by atomic mass is 10.1. The number of hydrogen-bond donors (Lipinski definition) is 2. The van der Waals surface area contributed by atoms with Crippen molar-refractivity contribution in [2.75, 3.05) is 34.0 Å². The molecule has 0 amide bonds. The molecule has 10 heteroatoms. The first-order valence-electron chi connectivity index (χ1n) is 10.4. The summed E-state index contributed by atoms with van der Waals surface area (Å²) in [4.78, 5) is 9.27. The quantitative estimate of drug-likeness (QED) is 0.205. The molecule has 2 heterocycles. The van der Waals surface area contributed by atoms with Crippen LogP contribution in [-0.4, -0.2) is 60.7 Å². The van der Waals surface area contributed by atoms with E-state index in [2.05, 4.69) is 27.6 Å². The summed E-state index contributed by atoms with van der Waals surface area (Å²) in [5.74, 6) is 3.41. The third-order valence-electron chi connectivity index (χ3n) is 4.76. The van der Waals surface area contributed by atoms with Gasteiger partial charge in [0.15, 0.2) is 11.8 Å². The van der Waals surface area contributed by atoms with E-state index in [0.717, 1.165) is 54.9 Å². The van der Waals surface area contributed by atoms with Crippen LogP contribution < -0.4 is 15.4 Å². The number of guanidine groups is 1. The van der Waals surface area contributed by atoms with Crippen LogP contribution in [0.5, 0.6) is 5.75 Å². The number of ether oxygens (including phenoxy) is 3. The molecule has 2 aromatic rings. The summed E-state index contributed by atoms with van der Waals surface area (Å²) in [5.41, 5.74) is 1.12. The summed E-state index contributed by atoms with van der Waals surface area (Å²) >= 11 is 0. The Bertz CT molecular complexity index is 812. The van der Waals surface area contributed by atoms with Gasteiger partial charge in [-0.3, -0.25) is 0 Å². The van der Waals surface area contributed by atoms with Gasteiger partial charge in [-0.1, -0.05) is 12.1 Å². The number of nitrogens with zero attached hydrogens (tertiary/aromatic N) is 4. The highest BCUT2D eigenvalue weighted by Crippen LogP contribution is 2.14. The van der Waals surface area contributed by atoms with Gasteiger partial charge in [-0.2, -0.15) is 5.10 Å². The Morgan fingerprint density at radius 3 is 2.71 bits per heavy atom. The summed E-state index contributed by atoms with van der Waals surface area (Å²) in [7, 11) is 3.32. The minimum atomic E-state index is 0. The normalized spacial score (nSPS) is 15.7. The predicted octanol–water partition coefficient (Wildman–Crippen LogP) is 2.14. The van der Waals surface area contributed by atoms with Crippen molar-refractivity contribution >= 4 is 29.9 Å². The summed E-state index contributed by atoms with van der Waals surface area (Å²) < 4.78 is 17.7. The molecule has 2 N–H and O–H groups in total. The van der Waals surface area contributed by atoms with Gasteiger partial charge >= 0.3 is 0 Å². The van der Waals surface area contributed by atoms with Gasteiger partial charge in [0.25, 0.3) is 0 Å². The highest BCUT2D eigenvalue weighted by atomic mass is 127. The number of rotatable bonds is 10. The Balaban J connectivity index is 0.00000341. The Morgan fingerprint density at radius 1 is 1.19 bits per heavy atom. The molecule has 1 aromatic carbocycles. The van der Waals surface area contributed by atoms with Crippen LogP contribution in [0.3, 0.4) is 0 Å². The summed E-state index contributed by atoms with van der Waals surface area (Å²) in [6.07, 6.45) is 1.88. The molecule has 1 atom stereocenters. The smallest absolute Gasteiger partial charge is 0.191 e. The topological polar surface area (TPSA) is 94.8 Å². The summed E-state index contributed by atoms with van der Waals surface area (Å²) in [6, 6.07) is 8.25. The predicted molar refractivity (Wildman–Crippen MR) is 130 cm³/mol. The van der Waals surface area contributed by atoms with Crippen LogP contribution >= 0.6 is 24.0 Å². The average Bonchev–Trinajstić information content (AvgIpc) is 3.15. The van der Waals surface area contributed by atoms with E-state index in [4.69, 9.17) is 19.2 Å². The third kappa shape index (κ3) is 7.93. The molecule has 0 radical (unpaired) electrons. The zero-order valence-corrected chi connectivity index (χ0v) is 20.8. The maximum atomic E-state index is 5.61. The highest BCUT2D eigenvalue weighted by Gasteiger charge is 2.22. The van der Waals surface area contributed by atoms with E-state index in [-0.39, 0.29) is 30.0 Å². The second-order valence-corrected chi connectivity index (χ2v) is 7.12. The van der Waals surface area contributed by atoms with Crippen molar-refractivity contribution in [1.29, 1.82) is 0 Å². The first kappa shape index (κ1) is 25.3. The summed E-state index contributed by atoms with van der Waals surface area (Å²) in [5, 5.41) is 11.4. The monoisotopic (exact) mass is 544 g/mol. The zero-order valence-electron chi connectivity index (χ0n) is 18.5. The largest absolute Gasteiger partial charge is 0.491 e. The first-order valence-corrected chi connectivity index (χ1v) is 10.4. The Hall–Kier alpha value is -1.92. The number of hydrogen-bond acceptors (Lipinski definition) is 6. The van der Waals surface area contributed by atoms with E-state index >= 15 is 0 Å². The molecule has 0 fully saturated rings. The van der Waals surface area contributed by atoms with Crippen LogP contribution in [0.4, 0.5) is 0 Å². The molecule has 0 bridgehead atoms. The van der Waals surface area contributed by atoms with E-state index in [0.29, 0.717) is 26.4 Å². The number of aromatic nitrogens is 3. The molecule has 3 rings (SSSR count). The molecule has 1 aliphatic heterocycles. The van der Waals surface area contributed by atoms with Crippen molar-refractivity contribution in [2.24, 2.45) is 4.99 Å². The van der Waals surface area contributed by atoms with Crippen LogP contribution in [0.15, 0.2) is 29.3 Å². The lowest BCUT2D eigenvalue weighted by Crippen LogP contribution is -2.47. The van der Waals surface area contributed by atoms with Crippen molar-refractivity contribution in [2.45, 2.75) is 45.5 Å². The Labute approximate surface area is 201 Å². The Kier molecular flexibility index (Phi) is 11.0. The van der Waals surface area contributed by atoms with Crippen LogP contribution in [-0.2, 0) is 35.6 Å². The van der Waals surface area contributed by atoms with E-state index in [1.165, 1.54) is 0 Å². The molecular weight excluding hydrogens is 511 g/mol. The van der Waals surface area contributed by atoms with Crippen molar-refractivity contribution in [3.05, 3.63) is 41.5 Å². The molecular formula is C21H33IN6O3. The van der Waals surface area contributed by atoms with E-state index in [9.17, 15) is 0 Å². The van der Waals surface area contributed by atoms with Gasteiger partial charge in [0.1, 0.15) is 24.8 Å². The maximum Gasteiger partial charge on any atom is 0.191 e. The fourth-order valence-electron chi connectivity index (χ4n) is 3.29. The number of halogens is 1. The van der Waals surface area contributed by atoms with Crippen LogP contribution in [0, 0.1) is 0 Å². The minimum absolute atomic E-state index is 0. The van der Waals surface area contributed by atoms with Gasteiger partial charge in [0.2, 0.25) is 0 Å². The summed E-state index contributed by atoms with van der Waals surface area (Å²) in [6.45, 7) is 5.79. The molecule has 0 saturated heterocycles. The second-order valence-electron chi connectivity index (χ2n) is 7.12. The number of aryl methyl sites for hydroxylation is 1. The van der Waals surface area contributed by atoms with Gasteiger partial charge in [0.05, 0.1) is 19.7 Å². The van der Waals surface area contributed by atoms with E-state index in [1.807, 2.05) is 28.9 Å². The van der Waals surface area contributed by atoms with Gasteiger partial charge < -0.3 is 24.8 Å². The van der Waals surface area contributed by atoms with Gasteiger partial charge in [-0.05, 0) is 31.0 Å². The number of fused-ring (bicyclic) bond motifs is 1. The number of methoxy groups -OCH3 is 2. The SMILES string of the molecule is CCNC(=NCc1ccc(OCCOC)cc1)NC1CCc2nc(COC)nn2C1.I.